The Bertz CT molecular complexity index is 769. The fraction of sp³-hybridized carbons (Fsp3) is 0.409. The van der Waals surface area contributed by atoms with Crippen molar-refractivity contribution in [3.05, 3.63) is 53.6 Å². The second kappa shape index (κ2) is 13.9. The molecule has 2 aromatic carbocycles. The maximum Gasteiger partial charge on any atom is 0.191 e. The number of para-hydroxylation sites is 1. The van der Waals surface area contributed by atoms with Crippen molar-refractivity contribution in [1.82, 2.24) is 10.6 Å². The third-order valence-corrected chi connectivity index (χ3v) is 4.36. The summed E-state index contributed by atoms with van der Waals surface area (Å²) in [7, 11) is 5.05. The standard InChI is InChI=1S/C22H31N3O3.HI/c1-5-23-22(24-14-12-17-8-6-7-9-20(17)27-3)25-15-13-18-16-19(26-2)10-11-21(18)28-4;/h6-11,16H,5,12-15H2,1-4H3,(H2,23,24,25);1H. The molecule has 7 heteroatoms. The van der Waals surface area contributed by atoms with Crippen LogP contribution in [0.2, 0.25) is 0 Å². The minimum absolute atomic E-state index is 0. The average Bonchev–Trinajstić information content (AvgIpc) is 2.74. The molecule has 0 atom stereocenters. The van der Waals surface area contributed by atoms with Gasteiger partial charge in [-0.2, -0.15) is 0 Å². The summed E-state index contributed by atoms with van der Waals surface area (Å²) in [5, 5.41) is 6.67. The summed E-state index contributed by atoms with van der Waals surface area (Å²) in [6.45, 7) is 4.29. The van der Waals surface area contributed by atoms with E-state index in [1.165, 1.54) is 0 Å². The van der Waals surface area contributed by atoms with Crippen molar-refractivity contribution >= 4 is 29.9 Å². The van der Waals surface area contributed by atoms with Crippen molar-refractivity contribution in [3.8, 4) is 17.2 Å². The van der Waals surface area contributed by atoms with Gasteiger partial charge < -0.3 is 24.8 Å². The summed E-state index contributed by atoms with van der Waals surface area (Å²) in [6.07, 6.45) is 1.63. The zero-order valence-electron chi connectivity index (χ0n) is 17.7. The van der Waals surface area contributed by atoms with Gasteiger partial charge in [0.1, 0.15) is 17.2 Å². The number of aliphatic imine (C=N–C) groups is 1. The third-order valence-electron chi connectivity index (χ3n) is 4.36. The summed E-state index contributed by atoms with van der Waals surface area (Å²) >= 11 is 0. The van der Waals surface area contributed by atoms with E-state index in [1.807, 2.05) is 36.4 Å². The summed E-state index contributed by atoms with van der Waals surface area (Å²) in [6, 6.07) is 13.9. The van der Waals surface area contributed by atoms with Crippen molar-refractivity contribution < 1.29 is 14.2 Å². The Balaban J connectivity index is 0.00000420. The quantitative estimate of drug-likeness (QED) is 0.289. The number of rotatable bonds is 10. The second-order valence-corrected chi connectivity index (χ2v) is 6.18. The van der Waals surface area contributed by atoms with Crippen LogP contribution in [0.1, 0.15) is 18.1 Å². The van der Waals surface area contributed by atoms with E-state index in [1.54, 1.807) is 21.3 Å². The van der Waals surface area contributed by atoms with Crippen molar-refractivity contribution in [2.75, 3.05) is 41.0 Å². The lowest BCUT2D eigenvalue weighted by atomic mass is 10.1. The minimum Gasteiger partial charge on any atom is -0.497 e. The van der Waals surface area contributed by atoms with Gasteiger partial charge in [-0.25, -0.2) is 0 Å². The van der Waals surface area contributed by atoms with E-state index in [9.17, 15) is 0 Å². The summed E-state index contributed by atoms with van der Waals surface area (Å²) in [5.41, 5.74) is 2.25. The number of nitrogens with zero attached hydrogens (tertiary/aromatic N) is 1. The summed E-state index contributed by atoms with van der Waals surface area (Å²) < 4.78 is 16.2. The van der Waals surface area contributed by atoms with Crippen molar-refractivity contribution in [1.29, 1.82) is 0 Å². The monoisotopic (exact) mass is 513 g/mol. The van der Waals surface area contributed by atoms with Gasteiger partial charge in [0, 0.05) is 19.6 Å². The van der Waals surface area contributed by atoms with E-state index in [4.69, 9.17) is 14.2 Å². The molecule has 0 unspecified atom stereocenters. The lowest BCUT2D eigenvalue weighted by Gasteiger charge is -2.14. The zero-order valence-corrected chi connectivity index (χ0v) is 20.0. The second-order valence-electron chi connectivity index (χ2n) is 6.18. The van der Waals surface area contributed by atoms with Crippen molar-refractivity contribution in [2.24, 2.45) is 4.99 Å². The molecule has 0 spiro atoms. The van der Waals surface area contributed by atoms with Crippen LogP contribution in [0.5, 0.6) is 17.2 Å². The number of guanidine groups is 1. The fourth-order valence-corrected chi connectivity index (χ4v) is 2.93. The Morgan fingerprint density at radius 3 is 2.28 bits per heavy atom. The molecule has 2 aromatic rings. The smallest absolute Gasteiger partial charge is 0.191 e. The molecule has 0 heterocycles. The number of methoxy groups -OCH3 is 3. The SMILES string of the molecule is CCNC(=NCCc1ccccc1OC)NCCc1cc(OC)ccc1OC.I. The lowest BCUT2D eigenvalue weighted by molar-refractivity contribution is 0.398. The normalized spacial score (nSPS) is 10.7. The highest BCUT2D eigenvalue weighted by Crippen LogP contribution is 2.24. The van der Waals surface area contributed by atoms with Gasteiger partial charge >= 0.3 is 0 Å². The average molecular weight is 513 g/mol. The third kappa shape index (κ3) is 8.00. The molecule has 2 rings (SSSR count). The summed E-state index contributed by atoms with van der Waals surface area (Å²) in [5.74, 6) is 3.40. The molecular weight excluding hydrogens is 481 g/mol. The molecule has 0 aromatic heterocycles. The Labute approximate surface area is 191 Å². The van der Waals surface area contributed by atoms with Crippen LogP contribution in [0.25, 0.3) is 0 Å². The van der Waals surface area contributed by atoms with Crippen LogP contribution in [0.3, 0.4) is 0 Å². The first-order chi connectivity index (χ1) is 13.7. The predicted molar refractivity (Wildman–Crippen MR) is 129 cm³/mol. The number of benzene rings is 2. The summed E-state index contributed by atoms with van der Waals surface area (Å²) in [4.78, 5) is 4.67. The van der Waals surface area contributed by atoms with Gasteiger partial charge in [0.2, 0.25) is 0 Å². The molecule has 0 fully saturated rings. The first-order valence-electron chi connectivity index (χ1n) is 9.56. The Kier molecular flexibility index (Phi) is 11.9. The van der Waals surface area contributed by atoms with Gasteiger partial charge in [0.05, 0.1) is 21.3 Å². The Hall–Kier alpha value is -2.16. The number of ether oxygens (including phenoxy) is 3. The molecule has 0 aliphatic carbocycles. The molecule has 0 aliphatic rings. The van der Waals surface area contributed by atoms with Gasteiger partial charge in [-0.15, -0.1) is 24.0 Å². The van der Waals surface area contributed by atoms with Gasteiger partial charge in [-0.3, -0.25) is 4.99 Å². The van der Waals surface area contributed by atoms with E-state index in [0.29, 0.717) is 6.54 Å². The lowest BCUT2D eigenvalue weighted by Crippen LogP contribution is -2.38. The largest absolute Gasteiger partial charge is 0.497 e. The molecule has 0 bridgehead atoms. The molecule has 2 N–H and O–H groups in total. The molecule has 6 nitrogen and oxygen atoms in total. The Morgan fingerprint density at radius 1 is 0.862 bits per heavy atom. The van der Waals surface area contributed by atoms with Crippen LogP contribution in [-0.2, 0) is 12.8 Å². The van der Waals surface area contributed by atoms with Gasteiger partial charge in [0.25, 0.3) is 0 Å². The van der Waals surface area contributed by atoms with Crippen LogP contribution < -0.4 is 24.8 Å². The van der Waals surface area contributed by atoms with E-state index in [0.717, 1.165) is 60.3 Å². The minimum atomic E-state index is 0. The van der Waals surface area contributed by atoms with Gasteiger partial charge in [0.15, 0.2) is 5.96 Å². The van der Waals surface area contributed by atoms with E-state index < -0.39 is 0 Å². The number of halogens is 1. The predicted octanol–water partition coefficient (Wildman–Crippen LogP) is 3.67. The number of hydrogen-bond donors (Lipinski definition) is 2. The maximum absolute atomic E-state index is 5.44. The molecule has 0 amide bonds. The number of nitrogens with one attached hydrogen (secondary N) is 2. The molecule has 0 saturated heterocycles. The van der Waals surface area contributed by atoms with Crippen LogP contribution >= 0.6 is 24.0 Å². The highest BCUT2D eigenvalue weighted by atomic mass is 127. The highest BCUT2D eigenvalue weighted by Gasteiger charge is 2.06. The molecule has 0 aliphatic heterocycles. The molecule has 29 heavy (non-hydrogen) atoms. The van der Waals surface area contributed by atoms with Gasteiger partial charge in [-0.1, -0.05) is 18.2 Å². The van der Waals surface area contributed by atoms with Crippen molar-refractivity contribution in [2.45, 2.75) is 19.8 Å². The van der Waals surface area contributed by atoms with Crippen LogP contribution in [0, 0.1) is 0 Å². The van der Waals surface area contributed by atoms with E-state index in [2.05, 4.69) is 28.6 Å². The first kappa shape index (κ1) is 24.9. The van der Waals surface area contributed by atoms with Crippen LogP contribution in [0.15, 0.2) is 47.5 Å². The van der Waals surface area contributed by atoms with E-state index in [-0.39, 0.29) is 24.0 Å². The molecule has 160 valence electrons. The topological polar surface area (TPSA) is 64.1 Å². The molecular formula is C22H32IN3O3. The van der Waals surface area contributed by atoms with Crippen LogP contribution in [-0.4, -0.2) is 46.9 Å². The fourth-order valence-electron chi connectivity index (χ4n) is 2.93. The molecule has 0 saturated carbocycles. The highest BCUT2D eigenvalue weighted by molar-refractivity contribution is 14.0. The zero-order chi connectivity index (χ0) is 20.2. The number of hydrogen-bond acceptors (Lipinski definition) is 4. The Morgan fingerprint density at radius 2 is 1.59 bits per heavy atom. The van der Waals surface area contributed by atoms with Gasteiger partial charge in [-0.05, 0) is 55.2 Å². The molecule has 0 radical (unpaired) electrons. The maximum atomic E-state index is 5.44. The van der Waals surface area contributed by atoms with E-state index >= 15 is 0 Å². The van der Waals surface area contributed by atoms with Crippen LogP contribution in [0.4, 0.5) is 0 Å². The first-order valence-corrected chi connectivity index (χ1v) is 9.56. The van der Waals surface area contributed by atoms with Crippen molar-refractivity contribution in [3.63, 3.8) is 0 Å².